The highest BCUT2D eigenvalue weighted by molar-refractivity contribution is 5.76. The van der Waals surface area contributed by atoms with Gasteiger partial charge >= 0.3 is 6.09 Å². The van der Waals surface area contributed by atoms with Crippen LogP contribution in [-0.4, -0.2) is 75.1 Å². The van der Waals surface area contributed by atoms with Gasteiger partial charge in [0.15, 0.2) is 5.82 Å². The van der Waals surface area contributed by atoms with E-state index in [0.717, 1.165) is 23.9 Å². The minimum Gasteiger partial charge on any atom is -0.475 e. The SMILES string of the molecule is COCCOc1cc(N[C@@H]2CCCN(C(=O)O)C2)nc(-c2cnn3ccccc23)n1. The molecule has 4 rings (SSSR count). The fourth-order valence-electron chi connectivity index (χ4n) is 3.51. The molecule has 1 atom stereocenters. The number of ether oxygens (including phenoxy) is 2. The van der Waals surface area contributed by atoms with Gasteiger partial charge in [0.05, 0.1) is 23.9 Å². The number of hydrogen-bond acceptors (Lipinski definition) is 7. The molecule has 1 amide bonds. The van der Waals surface area contributed by atoms with Gasteiger partial charge < -0.3 is 24.8 Å². The number of likely N-dealkylation sites (tertiary alicyclic amines) is 1. The molecule has 3 aromatic heterocycles. The van der Waals surface area contributed by atoms with Crippen molar-refractivity contribution in [2.45, 2.75) is 18.9 Å². The summed E-state index contributed by atoms with van der Waals surface area (Å²) in [5, 5.41) is 17.0. The van der Waals surface area contributed by atoms with Crippen LogP contribution in [0.15, 0.2) is 36.7 Å². The van der Waals surface area contributed by atoms with E-state index in [2.05, 4.69) is 20.4 Å². The summed E-state index contributed by atoms with van der Waals surface area (Å²) in [6, 6.07) is 7.47. The molecule has 0 radical (unpaired) electrons. The number of rotatable bonds is 7. The topological polar surface area (TPSA) is 114 Å². The van der Waals surface area contributed by atoms with Crippen molar-refractivity contribution in [1.29, 1.82) is 0 Å². The highest BCUT2D eigenvalue weighted by Crippen LogP contribution is 2.26. The number of pyridine rings is 1. The van der Waals surface area contributed by atoms with Gasteiger partial charge in [-0.1, -0.05) is 6.07 Å². The Morgan fingerprint density at radius 1 is 1.33 bits per heavy atom. The predicted octanol–water partition coefficient (Wildman–Crippen LogP) is 2.37. The summed E-state index contributed by atoms with van der Waals surface area (Å²) < 4.78 is 12.5. The molecule has 1 aliphatic heterocycles. The number of carboxylic acid groups (broad SMARTS) is 1. The summed E-state index contributed by atoms with van der Waals surface area (Å²) in [4.78, 5) is 22.0. The number of hydrogen-bond donors (Lipinski definition) is 2. The van der Waals surface area contributed by atoms with Crippen molar-refractivity contribution < 1.29 is 19.4 Å². The second-order valence-electron chi connectivity index (χ2n) is 7.06. The maximum Gasteiger partial charge on any atom is 0.407 e. The van der Waals surface area contributed by atoms with Crippen LogP contribution < -0.4 is 10.1 Å². The lowest BCUT2D eigenvalue weighted by atomic mass is 10.1. The molecule has 30 heavy (non-hydrogen) atoms. The van der Waals surface area contributed by atoms with Crippen LogP contribution in [0.25, 0.3) is 16.9 Å². The van der Waals surface area contributed by atoms with Crippen molar-refractivity contribution in [2.24, 2.45) is 0 Å². The molecule has 1 saturated heterocycles. The summed E-state index contributed by atoms with van der Waals surface area (Å²) in [5.74, 6) is 1.49. The van der Waals surface area contributed by atoms with E-state index in [1.54, 1.807) is 23.9 Å². The summed E-state index contributed by atoms with van der Waals surface area (Å²) in [6.07, 6.45) is 4.34. The Morgan fingerprint density at radius 3 is 3.07 bits per heavy atom. The Morgan fingerprint density at radius 2 is 2.23 bits per heavy atom. The zero-order chi connectivity index (χ0) is 20.9. The molecule has 0 saturated carbocycles. The standard InChI is InChI=1S/C20H24N6O4/c1-29-9-10-30-18-11-17(22-14-5-4-7-25(13-14)20(27)28)23-19(24-18)15-12-21-26-8-3-2-6-16(15)26/h2-3,6,8,11-12,14H,4-5,7,9-10,13H2,1H3,(H,27,28)(H,22,23,24)/t14-/m1/s1. The smallest absolute Gasteiger partial charge is 0.407 e. The predicted molar refractivity (Wildman–Crippen MR) is 110 cm³/mol. The van der Waals surface area contributed by atoms with Crippen LogP contribution in [0, 0.1) is 0 Å². The molecule has 0 aromatic carbocycles. The molecule has 0 aliphatic carbocycles. The highest BCUT2D eigenvalue weighted by Gasteiger charge is 2.24. The molecule has 10 heteroatoms. The molecule has 10 nitrogen and oxygen atoms in total. The van der Waals surface area contributed by atoms with Crippen LogP contribution in [0.3, 0.4) is 0 Å². The Labute approximate surface area is 173 Å². The van der Waals surface area contributed by atoms with Crippen LogP contribution >= 0.6 is 0 Å². The third kappa shape index (κ3) is 4.43. The van der Waals surface area contributed by atoms with E-state index in [4.69, 9.17) is 9.47 Å². The fourth-order valence-corrected chi connectivity index (χ4v) is 3.51. The Kier molecular flexibility index (Phi) is 5.94. The molecule has 0 unspecified atom stereocenters. The molecule has 0 bridgehead atoms. The maximum atomic E-state index is 11.3. The largest absolute Gasteiger partial charge is 0.475 e. The summed E-state index contributed by atoms with van der Waals surface area (Å²) in [7, 11) is 1.61. The number of methoxy groups -OCH3 is 1. The van der Waals surface area contributed by atoms with Crippen LogP contribution in [0.1, 0.15) is 12.8 Å². The molecule has 3 aromatic rings. The summed E-state index contributed by atoms with van der Waals surface area (Å²) >= 11 is 0. The van der Waals surface area contributed by atoms with Gasteiger partial charge in [-0.2, -0.15) is 10.1 Å². The van der Waals surface area contributed by atoms with Gasteiger partial charge in [0, 0.05) is 38.5 Å². The quantitative estimate of drug-likeness (QED) is 0.569. The van der Waals surface area contributed by atoms with E-state index in [0.29, 0.717) is 43.8 Å². The van der Waals surface area contributed by atoms with E-state index >= 15 is 0 Å². The average molecular weight is 412 g/mol. The number of anilines is 1. The van der Waals surface area contributed by atoms with Gasteiger partial charge in [-0.25, -0.2) is 14.3 Å². The number of aromatic nitrogens is 4. The number of nitrogens with zero attached hydrogens (tertiary/aromatic N) is 5. The average Bonchev–Trinajstić information content (AvgIpc) is 3.18. The first-order valence-electron chi connectivity index (χ1n) is 9.82. The van der Waals surface area contributed by atoms with Crippen molar-refractivity contribution in [3.05, 3.63) is 36.7 Å². The van der Waals surface area contributed by atoms with Gasteiger partial charge in [0.1, 0.15) is 12.4 Å². The van der Waals surface area contributed by atoms with Crippen molar-refractivity contribution in [3.63, 3.8) is 0 Å². The molecule has 0 spiro atoms. The van der Waals surface area contributed by atoms with Crippen LogP contribution in [0.5, 0.6) is 5.88 Å². The van der Waals surface area contributed by atoms with E-state index < -0.39 is 6.09 Å². The lowest BCUT2D eigenvalue weighted by Crippen LogP contribution is -2.44. The first-order chi connectivity index (χ1) is 14.6. The zero-order valence-corrected chi connectivity index (χ0v) is 16.7. The summed E-state index contributed by atoms with van der Waals surface area (Å²) in [6.45, 7) is 1.76. The van der Waals surface area contributed by atoms with Crippen LogP contribution in [0.4, 0.5) is 10.6 Å². The number of fused-ring (bicyclic) bond motifs is 1. The lowest BCUT2D eigenvalue weighted by Gasteiger charge is -2.31. The van der Waals surface area contributed by atoms with Crippen molar-refractivity contribution in [1.82, 2.24) is 24.5 Å². The number of carbonyl (C=O) groups is 1. The van der Waals surface area contributed by atoms with Gasteiger partial charge in [-0.3, -0.25) is 0 Å². The van der Waals surface area contributed by atoms with Crippen LogP contribution in [0.2, 0.25) is 0 Å². The molecule has 1 fully saturated rings. The van der Waals surface area contributed by atoms with Gasteiger partial charge in [-0.15, -0.1) is 0 Å². The first kappa shape index (κ1) is 19.9. The minimum absolute atomic E-state index is 0.0340. The molecule has 2 N–H and O–H groups in total. The normalized spacial score (nSPS) is 16.6. The van der Waals surface area contributed by atoms with Crippen molar-refractivity contribution >= 4 is 17.4 Å². The van der Waals surface area contributed by atoms with E-state index in [1.165, 1.54) is 4.90 Å². The number of piperidine rings is 1. The molecular weight excluding hydrogens is 388 g/mol. The molecule has 4 heterocycles. The van der Waals surface area contributed by atoms with Crippen molar-refractivity contribution in [2.75, 3.05) is 38.7 Å². The molecule has 158 valence electrons. The second kappa shape index (κ2) is 8.95. The Balaban J connectivity index is 1.63. The fraction of sp³-hybridized carbons (Fsp3) is 0.400. The highest BCUT2D eigenvalue weighted by atomic mass is 16.5. The zero-order valence-electron chi connectivity index (χ0n) is 16.7. The van der Waals surface area contributed by atoms with Gasteiger partial charge in [0.2, 0.25) is 5.88 Å². The lowest BCUT2D eigenvalue weighted by molar-refractivity contribution is 0.132. The van der Waals surface area contributed by atoms with Gasteiger partial charge in [-0.05, 0) is 25.0 Å². The van der Waals surface area contributed by atoms with E-state index in [1.807, 2.05) is 24.4 Å². The Bertz CT molecular complexity index is 1020. The van der Waals surface area contributed by atoms with E-state index in [-0.39, 0.29) is 6.04 Å². The van der Waals surface area contributed by atoms with Gasteiger partial charge in [0.25, 0.3) is 0 Å². The molecule has 1 aliphatic rings. The third-order valence-corrected chi connectivity index (χ3v) is 4.95. The second-order valence-corrected chi connectivity index (χ2v) is 7.06. The molecular formula is C20H24N6O4. The van der Waals surface area contributed by atoms with E-state index in [9.17, 15) is 9.90 Å². The maximum absolute atomic E-state index is 11.3. The van der Waals surface area contributed by atoms with Crippen molar-refractivity contribution in [3.8, 4) is 17.3 Å². The monoisotopic (exact) mass is 412 g/mol. The minimum atomic E-state index is -0.903. The summed E-state index contributed by atoms with van der Waals surface area (Å²) in [5.41, 5.74) is 1.67. The number of amides is 1. The number of nitrogens with one attached hydrogen (secondary N) is 1. The third-order valence-electron chi connectivity index (χ3n) is 4.95. The Hall–Kier alpha value is -3.40. The van der Waals surface area contributed by atoms with Crippen LogP contribution in [-0.2, 0) is 4.74 Å². The first-order valence-corrected chi connectivity index (χ1v) is 9.82.